The van der Waals surface area contributed by atoms with E-state index in [1.165, 1.54) is 19.1 Å². The third-order valence-electron chi connectivity index (χ3n) is 3.85. The lowest BCUT2D eigenvalue weighted by molar-refractivity contribution is -0.137. The third-order valence-corrected chi connectivity index (χ3v) is 3.85. The second-order valence-corrected chi connectivity index (χ2v) is 5.91. The van der Waals surface area contributed by atoms with Crippen molar-refractivity contribution in [2.24, 2.45) is 0 Å². The fourth-order valence-corrected chi connectivity index (χ4v) is 2.34. The number of nitrogens with one attached hydrogen (secondary N) is 2. The van der Waals surface area contributed by atoms with Crippen LogP contribution in [0.4, 0.5) is 13.2 Å². The molecule has 138 valence electrons. The van der Waals surface area contributed by atoms with Gasteiger partial charge in [0.25, 0.3) is 5.91 Å². The molecule has 2 aromatic rings. The van der Waals surface area contributed by atoms with Crippen LogP contribution in [0.1, 0.15) is 41.4 Å². The van der Waals surface area contributed by atoms with Crippen LogP contribution < -0.4 is 10.6 Å². The lowest BCUT2D eigenvalue weighted by Gasteiger charge is -2.19. The number of alkyl halides is 3. The Bertz CT molecular complexity index is 776. The standard InChI is InChI=1S/C19H19F3N2O2/c1-12(15-9-6-10-16(11-15)19(20,21)22)23-17(25)13(2)24-18(26)14-7-4-3-5-8-14/h3-13H,1-2H3,(H,23,25)(H,24,26). The summed E-state index contributed by atoms with van der Waals surface area (Å²) >= 11 is 0. The van der Waals surface area contributed by atoms with Crippen LogP contribution in [0.5, 0.6) is 0 Å². The molecule has 0 aromatic heterocycles. The first kappa shape index (κ1) is 19.5. The SMILES string of the molecule is CC(NC(=O)c1ccccc1)C(=O)NC(C)c1cccc(C(F)(F)F)c1. The van der Waals surface area contributed by atoms with Gasteiger partial charge in [-0.15, -0.1) is 0 Å². The van der Waals surface area contributed by atoms with Gasteiger partial charge in [0.2, 0.25) is 5.91 Å². The van der Waals surface area contributed by atoms with Gasteiger partial charge in [-0.3, -0.25) is 9.59 Å². The van der Waals surface area contributed by atoms with Gasteiger partial charge >= 0.3 is 6.18 Å². The largest absolute Gasteiger partial charge is 0.416 e. The van der Waals surface area contributed by atoms with E-state index in [0.717, 1.165) is 12.1 Å². The molecule has 2 atom stereocenters. The molecule has 0 spiro atoms. The summed E-state index contributed by atoms with van der Waals surface area (Å²) in [7, 11) is 0. The van der Waals surface area contributed by atoms with Crippen LogP contribution in [0.15, 0.2) is 54.6 Å². The van der Waals surface area contributed by atoms with E-state index in [-0.39, 0.29) is 0 Å². The Balaban J connectivity index is 1.99. The van der Waals surface area contributed by atoms with E-state index in [4.69, 9.17) is 0 Å². The molecule has 26 heavy (non-hydrogen) atoms. The van der Waals surface area contributed by atoms with Crippen molar-refractivity contribution < 1.29 is 22.8 Å². The molecule has 2 aromatic carbocycles. The van der Waals surface area contributed by atoms with Crippen LogP contribution >= 0.6 is 0 Å². The van der Waals surface area contributed by atoms with E-state index in [1.54, 1.807) is 37.3 Å². The molecule has 7 heteroatoms. The number of benzene rings is 2. The van der Waals surface area contributed by atoms with Gasteiger partial charge < -0.3 is 10.6 Å². The first-order chi connectivity index (χ1) is 12.2. The molecule has 0 aliphatic rings. The molecule has 0 saturated carbocycles. The van der Waals surface area contributed by atoms with E-state index >= 15 is 0 Å². The number of carbonyl (C=O) groups excluding carboxylic acids is 2. The van der Waals surface area contributed by atoms with Crippen molar-refractivity contribution >= 4 is 11.8 Å². The van der Waals surface area contributed by atoms with Crippen LogP contribution in [0.3, 0.4) is 0 Å². The van der Waals surface area contributed by atoms with Crippen LogP contribution in [0, 0.1) is 0 Å². The van der Waals surface area contributed by atoms with Crippen molar-refractivity contribution in [1.82, 2.24) is 10.6 Å². The van der Waals surface area contributed by atoms with Gasteiger partial charge in [-0.1, -0.05) is 30.3 Å². The molecule has 2 unspecified atom stereocenters. The summed E-state index contributed by atoms with van der Waals surface area (Å²) in [5, 5.41) is 5.17. The van der Waals surface area contributed by atoms with Crippen molar-refractivity contribution in [2.45, 2.75) is 32.1 Å². The topological polar surface area (TPSA) is 58.2 Å². The molecule has 2 amide bonds. The summed E-state index contributed by atoms with van der Waals surface area (Å²) in [5.41, 5.74) is -0.0330. The second-order valence-electron chi connectivity index (χ2n) is 5.91. The van der Waals surface area contributed by atoms with Gasteiger partial charge in [-0.05, 0) is 43.7 Å². The molecule has 0 aliphatic carbocycles. The highest BCUT2D eigenvalue weighted by atomic mass is 19.4. The van der Waals surface area contributed by atoms with Crippen LogP contribution in [-0.4, -0.2) is 17.9 Å². The van der Waals surface area contributed by atoms with Gasteiger partial charge in [0, 0.05) is 5.56 Å². The Morgan fingerprint density at radius 3 is 2.19 bits per heavy atom. The first-order valence-electron chi connectivity index (χ1n) is 8.02. The van der Waals surface area contributed by atoms with Crippen LogP contribution in [-0.2, 0) is 11.0 Å². The summed E-state index contributed by atoms with van der Waals surface area (Å²) < 4.78 is 38.4. The van der Waals surface area contributed by atoms with Crippen molar-refractivity contribution in [1.29, 1.82) is 0 Å². The normalized spacial score (nSPS) is 13.6. The van der Waals surface area contributed by atoms with E-state index in [0.29, 0.717) is 11.1 Å². The summed E-state index contributed by atoms with van der Waals surface area (Å²) in [6.07, 6.45) is -4.45. The minimum Gasteiger partial charge on any atom is -0.348 e. The average molecular weight is 364 g/mol. The number of rotatable bonds is 5. The molecule has 2 rings (SSSR count). The van der Waals surface area contributed by atoms with Crippen LogP contribution in [0.25, 0.3) is 0 Å². The lowest BCUT2D eigenvalue weighted by Crippen LogP contribution is -2.45. The number of hydrogen-bond donors (Lipinski definition) is 2. The minimum absolute atomic E-state index is 0.328. The minimum atomic E-state index is -4.45. The van der Waals surface area contributed by atoms with Crippen molar-refractivity contribution in [3.63, 3.8) is 0 Å². The Morgan fingerprint density at radius 2 is 1.58 bits per heavy atom. The van der Waals surface area contributed by atoms with E-state index in [9.17, 15) is 22.8 Å². The molecule has 0 fully saturated rings. The van der Waals surface area contributed by atoms with E-state index < -0.39 is 35.6 Å². The van der Waals surface area contributed by atoms with Gasteiger partial charge in [0.05, 0.1) is 11.6 Å². The van der Waals surface area contributed by atoms with Gasteiger partial charge in [0.1, 0.15) is 6.04 Å². The van der Waals surface area contributed by atoms with Crippen molar-refractivity contribution in [2.75, 3.05) is 0 Å². The highest BCUT2D eigenvalue weighted by Gasteiger charge is 2.31. The number of halogens is 3. The van der Waals surface area contributed by atoms with Crippen molar-refractivity contribution in [3.8, 4) is 0 Å². The molecular weight excluding hydrogens is 345 g/mol. The summed E-state index contributed by atoms with van der Waals surface area (Å²) in [4.78, 5) is 24.3. The maximum absolute atomic E-state index is 12.8. The molecule has 0 bridgehead atoms. The lowest BCUT2D eigenvalue weighted by atomic mass is 10.0. The van der Waals surface area contributed by atoms with E-state index in [2.05, 4.69) is 10.6 Å². The summed E-state index contributed by atoms with van der Waals surface area (Å²) in [6, 6.07) is 11.7. The Kier molecular flexibility index (Phi) is 6.02. The molecule has 2 N–H and O–H groups in total. The first-order valence-corrected chi connectivity index (χ1v) is 8.02. The fraction of sp³-hybridized carbons (Fsp3) is 0.263. The highest BCUT2D eigenvalue weighted by molar-refractivity contribution is 5.97. The zero-order valence-corrected chi connectivity index (χ0v) is 14.3. The van der Waals surface area contributed by atoms with Gasteiger partial charge in [-0.25, -0.2) is 0 Å². The quantitative estimate of drug-likeness (QED) is 0.850. The predicted octanol–water partition coefficient (Wildman–Crippen LogP) is 3.70. The number of hydrogen-bond acceptors (Lipinski definition) is 2. The molecule has 0 saturated heterocycles. The summed E-state index contributed by atoms with van der Waals surface area (Å²) in [5.74, 6) is -0.890. The molecule has 0 aliphatic heterocycles. The Hall–Kier alpha value is -2.83. The molecule has 0 radical (unpaired) electrons. The highest BCUT2D eigenvalue weighted by Crippen LogP contribution is 2.30. The molecular formula is C19H19F3N2O2. The Labute approximate surface area is 149 Å². The second kappa shape index (κ2) is 8.03. The third kappa shape index (κ3) is 5.08. The zero-order chi connectivity index (χ0) is 19.3. The average Bonchev–Trinajstić information content (AvgIpc) is 2.61. The van der Waals surface area contributed by atoms with Gasteiger partial charge in [0.15, 0.2) is 0 Å². The van der Waals surface area contributed by atoms with Crippen molar-refractivity contribution in [3.05, 3.63) is 71.3 Å². The number of carbonyl (C=O) groups is 2. The smallest absolute Gasteiger partial charge is 0.348 e. The monoisotopic (exact) mass is 364 g/mol. The maximum Gasteiger partial charge on any atom is 0.416 e. The van der Waals surface area contributed by atoms with Gasteiger partial charge in [-0.2, -0.15) is 13.2 Å². The molecule has 4 nitrogen and oxygen atoms in total. The molecule has 0 heterocycles. The Morgan fingerprint density at radius 1 is 0.923 bits per heavy atom. The summed E-state index contributed by atoms with van der Waals surface area (Å²) in [6.45, 7) is 3.09. The van der Waals surface area contributed by atoms with E-state index in [1.807, 2.05) is 0 Å². The zero-order valence-electron chi connectivity index (χ0n) is 14.3. The maximum atomic E-state index is 12.8. The predicted molar refractivity (Wildman–Crippen MR) is 91.4 cm³/mol. The fourth-order valence-electron chi connectivity index (χ4n) is 2.34. The number of amides is 2. The van der Waals surface area contributed by atoms with Crippen LogP contribution in [0.2, 0.25) is 0 Å².